The van der Waals surface area contributed by atoms with E-state index in [1.807, 2.05) is 0 Å². The zero-order chi connectivity index (χ0) is 11.4. The Kier molecular flexibility index (Phi) is 3.76. The van der Waals surface area contributed by atoms with Crippen LogP contribution in [0.1, 0.15) is 18.4 Å². The first-order valence-electron chi connectivity index (χ1n) is 5.16. The number of ether oxygens (including phenoxy) is 1. The van der Waals surface area contributed by atoms with E-state index in [0.717, 1.165) is 26.1 Å². The molecule has 1 saturated heterocycles. The maximum atomic E-state index is 13.4. The van der Waals surface area contributed by atoms with Crippen LogP contribution < -0.4 is 0 Å². The minimum absolute atomic E-state index is 0.147. The van der Waals surface area contributed by atoms with E-state index in [-0.39, 0.29) is 5.15 Å². The van der Waals surface area contributed by atoms with E-state index in [2.05, 4.69) is 16.8 Å². The quantitative estimate of drug-likeness (QED) is 0.513. The van der Waals surface area contributed by atoms with Gasteiger partial charge in [-0.25, -0.2) is 9.37 Å². The zero-order valence-electron chi connectivity index (χ0n) is 8.67. The SMILES string of the molecule is Fc1cc(Cl)ncc1C#CC1CCOCC1. The van der Waals surface area contributed by atoms with Gasteiger partial charge in [0.05, 0.1) is 5.56 Å². The summed E-state index contributed by atoms with van der Waals surface area (Å²) in [6.45, 7) is 1.47. The number of rotatable bonds is 0. The fourth-order valence-electron chi connectivity index (χ4n) is 1.52. The Labute approximate surface area is 98.8 Å². The van der Waals surface area contributed by atoms with Crippen LogP contribution in [0, 0.1) is 23.6 Å². The van der Waals surface area contributed by atoms with Gasteiger partial charge in [0.1, 0.15) is 11.0 Å². The van der Waals surface area contributed by atoms with Crippen LogP contribution in [-0.4, -0.2) is 18.2 Å². The van der Waals surface area contributed by atoms with Crippen molar-refractivity contribution in [2.45, 2.75) is 12.8 Å². The highest BCUT2D eigenvalue weighted by Crippen LogP contribution is 2.14. The van der Waals surface area contributed by atoms with Gasteiger partial charge in [0.2, 0.25) is 0 Å². The summed E-state index contributed by atoms with van der Waals surface area (Å²) in [6, 6.07) is 1.18. The summed E-state index contributed by atoms with van der Waals surface area (Å²) in [4.78, 5) is 3.80. The molecule has 1 aliphatic rings. The van der Waals surface area contributed by atoms with Gasteiger partial charge in [0.25, 0.3) is 0 Å². The molecule has 1 aromatic rings. The van der Waals surface area contributed by atoms with Gasteiger partial charge in [-0.1, -0.05) is 23.4 Å². The average molecular weight is 240 g/mol. The Hall–Kier alpha value is -1.11. The highest BCUT2D eigenvalue weighted by Gasteiger charge is 2.10. The van der Waals surface area contributed by atoms with Crippen molar-refractivity contribution in [3.63, 3.8) is 0 Å². The Morgan fingerprint density at radius 1 is 1.44 bits per heavy atom. The van der Waals surface area contributed by atoms with Crippen molar-refractivity contribution in [3.8, 4) is 11.8 Å². The molecule has 1 fully saturated rings. The second kappa shape index (κ2) is 5.29. The molecule has 0 spiro atoms. The Balaban J connectivity index is 2.10. The molecule has 0 unspecified atom stereocenters. The molecule has 0 aromatic carbocycles. The zero-order valence-corrected chi connectivity index (χ0v) is 9.43. The molecule has 16 heavy (non-hydrogen) atoms. The van der Waals surface area contributed by atoms with Crippen LogP contribution in [0.3, 0.4) is 0 Å². The monoisotopic (exact) mass is 239 g/mol. The molecule has 2 nitrogen and oxygen atoms in total. The third-order valence-electron chi connectivity index (χ3n) is 2.45. The van der Waals surface area contributed by atoms with Gasteiger partial charge >= 0.3 is 0 Å². The lowest BCUT2D eigenvalue weighted by atomic mass is 10.0. The fourth-order valence-corrected chi connectivity index (χ4v) is 1.67. The van der Waals surface area contributed by atoms with Crippen molar-refractivity contribution in [2.24, 2.45) is 5.92 Å². The summed E-state index contributed by atoms with van der Waals surface area (Å²) >= 11 is 5.55. The van der Waals surface area contributed by atoms with Crippen molar-refractivity contribution in [1.29, 1.82) is 0 Å². The fraction of sp³-hybridized carbons (Fsp3) is 0.417. The van der Waals surface area contributed by atoms with Gasteiger partial charge in [-0.3, -0.25) is 0 Å². The van der Waals surface area contributed by atoms with Crippen molar-refractivity contribution in [2.75, 3.05) is 13.2 Å². The van der Waals surface area contributed by atoms with Crippen LogP contribution in [0.2, 0.25) is 5.15 Å². The van der Waals surface area contributed by atoms with Gasteiger partial charge in [-0.15, -0.1) is 0 Å². The van der Waals surface area contributed by atoms with Crippen LogP contribution in [0.5, 0.6) is 0 Å². The molecular formula is C12H11ClFNO. The van der Waals surface area contributed by atoms with Crippen molar-refractivity contribution >= 4 is 11.6 Å². The molecule has 0 bridgehead atoms. The highest BCUT2D eigenvalue weighted by atomic mass is 35.5. The Morgan fingerprint density at radius 2 is 2.19 bits per heavy atom. The van der Waals surface area contributed by atoms with E-state index < -0.39 is 5.82 Å². The van der Waals surface area contributed by atoms with E-state index in [4.69, 9.17) is 16.3 Å². The van der Waals surface area contributed by atoms with E-state index in [1.165, 1.54) is 12.3 Å². The molecule has 1 aliphatic heterocycles. The molecule has 0 amide bonds. The summed E-state index contributed by atoms with van der Waals surface area (Å²) in [5.41, 5.74) is 0.302. The number of nitrogens with zero attached hydrogens (tertiary/aromatic N) is 1. The molecule has 0 aliphatic carbocycles. The molecule has 0 atom stereocenters. The minimum atomic E-state index is -0.417. The Morgan fingerprint density at radius 3 is 2.88 bits per heavy atom. The first kappa shape index (κ1) is 11.4. The minimum Gasteiger partial charge on any atom is -0.381 e. The van der Waals surface area contributed by atoms with Gasteiger partial charge in [0.15, 0.2) is 0 Å². The summed E-state index contributed by atoms with van der Waals surface area (Å²) in [7, 11) is 0. The van der Waals surface area contributed by atoms with E-state index >= 15 is 0 Å². The molecule has 1 aromatic heterocycles. The molecule has 2 heterocycles. The van der Waals surface area contributed by atoms with Gasteiger partial charge < -0.3 is 4.74 Å². The molecule has 0 N–H and O–H groups in total. The van der Waals surface area contributed by atoms with Crippen molar-refractivity contribution in [3.05, 3.63) is 28.8 Å². The lowest BCUT2D eigenvalue weighted by molar-refractivity contribution is 0.0807. The standard InChI is InChI=1S/C12H11ClFNO/c13-12-7-11(14)10(8-15-12)2-1-9-3-5-16-6-4-9/h7-9H,3-6H2. The third kappa shape index (κ3) is 2.94. The lowest BCUT2D eigenvalue weighted by Crippen LogP contribution is -2.13. The lowest BCUT2D eigenvalue weighted by Gasteiger charge is -2.16. The maximum Gasteiger partial charge on any atom is 0.143 e. The van der Waals surface area contributed by atoms with Crippen LogP contribution in [0.15, 0.2) is 12.3 Å². The van der Waals surface area contributed by atoms with E-state index in [1.54, 1.807) is 0 Å². The second-order valence-corrected chi connectivity index (χ2v) is 4.03. The van der Waals surface area contributed by atoms with Crippen LogP contribution in [-0.2, 0) is 4.74 Å². The summed E-state index contributed by atoms with van der Waals surface area (Å²) in [5, 5.41) is 0.147. The first-order valence-corrected chi connectivity index (χ1v) is 5.54. The van der Waals surface area contributed by atoms with Crippen molar-refractivity contribution in [1.82, 2.24) is 4.98 Å². The molecule has 84 valence electrons. The summed E-state index contributed by atoms with van der Waals surface area (Å²) in [5.74, 6) is 5.73. The largest absolute Gasteiger partial charge is 0.381 e. The molecule has 0 radical (unpaired) electrons. The van der Waals surface area contributed by atoms with E-state index in [0.29, 0.717) is 11.5 Å². The average Bonchev–Trinajstić information content (AvgIpc) is 2.29. The predicted molar refractivity (Wildman–Crippen MR) is 59.6 cm³/mol. The summed E-state index contributed by atoms with van der Waals surface area (Å²) in [6.07, 6.45) is 3.19. The topological polar surface area (TPSA) is 22.1 Å². The number of halogens is 2. The van der Waals surface area contributed by atoms with Crippen LogP contribution >= 0.6 is 11.6 Å². The van der Waals surface area contributed by atoms with E-state index in [9.17, 15) is 4.39 Å². The third-order valence-corrected chi connectivity index (χ3v) is 2.66. The number of hydrogen-bond donors (Lipinski definition) is 0. The number of pyridine rings is 1. The highest BCUT2D eigenvalue weighted by molar-refractivity contribution is 6.29. The van der Waals surface area contributed by atoms with Crippen LogP contribution in [0.25, 0.3) is 0 Å². The normalized spacial score (nSPS) is 16.6. The maximum absolute atomic E-state index is 13.4. The summed E-state index contributed by atoms with van der Waals surface area (Å²) < 4.78 is 18.6. The predicted octanol–water partition coefficient (Wildman–Crippen LogP) is 2.65. The van der Waals surface area contributed by atoms with Crippen LogP contribution in [0.4, 0.5) is 4.39 Å². The smallest absolute Gasteiger partial charge is 0.143 e. The van der Waals surface area contributed by atoms with Crippen molar-refractivity contribution < 1.29 is 9.13 Å². The molecule has 0 saturated carbocycles. The second-order valence-electron chi connectivity index (χ2n) is 3.64. The number of aromatic nitrogens is 1. The Bertz CT molecular complexity index is 432. The molecule has 4 heteroatoms. The first-order chi connectivity index (χ1) is 7.75. The van der Waals surface area contributed by atoms with Gasteiger partial charge in [-0.05, 0) is 12.8 Å². The molecule has 2 rings (SSSR count). The van der Waals surface area contributed by atoms with Gasteiger partial charge in [0, 0.05) is 31.4 Å². The molecular weight excluding hydrogens is 229 g/mol. The number of hydrogen-bond acceptors (Lipinski definition) is 2. The van der Waals surface area contributed by atoms with Gasteiger partial charge in [-0.2, -0.15) is 0 Å².